The summed E-state index contributed by atoms with van der Waals surface area (Å²) in [6.07, 6.45) is 0. The fraction of sp³-hybridized carbons (Fsp3) is 0.0857. The van der Waals surface area contributed by atoms with Crippen molar-refractivity contribution in [3.05, 3.63) is 132 Å². The number of hydrogen-bond acceptors (Lipinski definition) is 7. The summed E-state index contributed by atoms with van der Waals surface area (Å²) in [7, 11) is 0. The van der Waals surface area contributed by atoms with Gasteiger partial charge in [-0.15, -0.1) is 21.5 Å². The Labute approximate surface area is 271 Å². The van der Waals surface area contributed by atoms with Gasteiger partial charge in [0.15, 0.2) is 15.3 Å². The predicted molar refractivity (Wildman–Crippen MR) is 183 cm³/mol. The lowest BCUT2D eigenvalue weighted by Gasteiger charge is -2.11. The van der Waals surface area contributed by atoms with Gasteiger partial charge in [-0.1, -0.05) is 115 Å². The van der Waals surface area contributed by atoms with Gasteiger partial charge in [0.2, 0.25) is 5.91 Å². The quantitative estimate of drug-likeness (QED) is 0.150. The topological polar surface area (TPSA) is 72.7 Å². The summed E-state index contributed by atoms with van der Waals surface area (Å²) < 4.78 is 18.2. The summed E-state index contributed by atoms with van der Waals surface area (Å²) in [5.74, 6) is 1.30. The molecule has 45 heavy (non-hydrogen) atoms. The highest BCUT2D eigenvalue weighted by atomic mass is 32.2. The lowest BCUT2D eigenvalue weighted by Crippen LogP contribution is -2.14. The maximum Gasteiger partial charge on any atom is 0.234 e. The summed E-state index contributed by atoms with van der Waals surface area (Å²) in [6, 6.07) is 36.8. The van der Waals surface area contributed by atoms with Crippen LogP contribution in [0.5, 0.6) is 0 Å². The minimum absolute atomic E-state index is 0.128. The zero-order chi connectivity index (χ0) is 30.6. The van der Waals surface area contributed by atoms with E-state index in [-0.39, 0.29) is 17.5 Å². The molecule has 1 amide bonds. The van der Waals surface area contributed by atoms with Crippen molar-refractivity contribution >= 4 is 67.4 Å². The van der Waals surface area contributed by atoms with E-state index in [0.29, 0.717) is 28.5 Å². The molecule has 0 aliphatic carbocycles. The van der Waals surface area contributed by atoms with Gasteiger partial charge in [-0.05, 0) is 40.8 Å². The number of rotatable bonds is 10. The molecule has 0 fully saturated rings. The first-order valence-electron chi connectivity index (χ1n) is 14.3. The van der Waals surface area contributed by atoms with Crippen LogP contribution in [0.15, 0.2) is 125 Å². The number of amides is 1. The molecule has 0 aliphatic rings. The monoisotopic (exact) mass is 647 g/mol. The SMILES string of the molecule is O=C(CSc1nnc(-c2ccccc2)n1Cc1ccccc1)Nc1ccc2nc(SCc3ccc(F)c4ccccc34)sc2c1. The minimum atomic E-state index is -0.210. The van der Waals surface area contributed by atoms with Crippen LogP contribution in [-0.2, 0) is 17.1 Å². The fourth-order valence-electron chi connectivity index (χ4n) is 5.06. The van der Waals surface area contributed by atoms with E-state index in [0.717, 1.165) is 42.5 Å². The summed E-state index contributed by atoms with van der Waals surface area (Å²) >= 11 is 4.57. The lowest BCUT2D eigenvalue weighted by atomic mass is 10.1. The van der Waals surface area contributed by atoms with Crippen molar-refractivity contribution in [2.24, 2.45) is 0 Å². The van der Waals surface area contributed by atoms with Crippen LogP contribution in [0.1, 0.15) is 11.1 Å². The van der Waals surface area contributed by atoms with Gasteiger partial charge in [-0.2, -0.15) is 0 Å². The number of anilines is 1. The minimum Gasteiger partial charge on any atom is -0.325 e. The van der Waals surface area contributed by atoms with Gasteiger partial charge in [-0.3, -0.25) is 9.36 Å². The van der Waals surface area contributed by atoms with Gasteiger partial charge in [-0.25, -0.2) is 9.37 Å². The Bertz CT molecular complexity index is 2120. The van der Waals surface area contributed by atoms with E-state index in [1.807, 2.05) is 97.1 Å². The van der Waals surface area contributed by atoms with Crippen LogP contribution in [0.3, 0.4) is 0 Å². The fourth-order valence-corrected chi connectivity index (χ4v) is 7.91. The molecule has 2 heterocycles. The molecule has 7 rings (SSSR count). The molecule has 7 aromatic rings. The molecule has 1 N–H and O–H groups in total. The van der Waals surface area contributed by atoms with Gasteiger partial charge < -0.3 is 5.32 Å². The molecule has 0 saturated carbocycles. The van der Waals surface area contributed by atoms with E-state index in [9.17, 15) is 9.18 Å². The Morgan fingerprint density at radius 1 is 0.822 bits per heavy atom. The first-order chi connectivity index (χ1) is 22.1. The van der Waals surface area contributed by atoms with E-state index >= 15 is 0 Å². The standard InChI is InChI=1S/C35H26FN5OS3/c36-29-17-15-25(27-13-7-8-14-28(27)29)21-44-35-38-30-18-16-26(19-31(30)45-35)37-32(42)22-43-34-40-39-33(24-11-5-2-6-12-24)41(34)20-23-9-3-1-4-10-23/h1-19H,20-22H2,(H,37,42). The number of thiazole rings is 1. The van der Waals surface area contributed by atoms with Crippen LogP contribution in [0, 0.1) is 5.82 Å². The number of carbonyl (C=O) groups is 1. The number of nitrogens with one attached hydrogen (secondary N) is 1. The molecule has 6 nitrogen and oxygen atoms in total. The number of halogens is 1. The highest BCUT2D eigenvalue weighted by Crippen LogP contribution is 2.35. The van der Waals surface area contributed by atoms with E-state index in [1.54, 1.807) is 23.1 Å². The number of thioether (sulfide) groups is 2. The zero-order valence-electron chi connectivity index (χ0n) is 23.9. The Hall–Kier alpha value is -4.51. The lowest BCUT2D eigenvalue weighted by molar-refractivity contribution is -0.113. The summed E-state index contributed by atoms with van der Waals surface area (Å²) in [4.78, 5) is 17.8. The molecule has 0 saturated heterocycles. The highest BCUT2D eigenvalue weighted by Gasteiger charge is 2.17. The van der Waals surface area contributed by atoms with Gasteiger partial charge in [0, 0.05) is 22.4 Å². The molecular formula is C35H26FN5OS3. The number of hydrogen-bond donors (Lipinski definition) is 1. The van der Waals surface area contributed by atoms with Crippen molar-refractivity contribution in [1.82, 2.24) is 19.7 Å². The number of aromatic nitrogens is 4. The zero-order valence-corrected chi connectivity index (χ0v) is 26.3. The number of nitrogens with zero attached hydrogens (tertiary/aromatic N) is 4. The number of benzene rings is 5. The second-order valence-corrected chi connectivity index (χ2v) is 13.5. The van der Waals surface area contributed by atoms with Crippen molar-refractivity contribution in [3.63, 3.8) is 0 Å². The number of carbonyl (C=O) groups excluding carboxylic acids is 1. The van der Waals surface area contributed by atoms with Crippen molar-refractivity contribution in [2.45, 2.75) is 21.8 Å². The summed E-state index contributed by atoms with van der Waals surface area (Å²) in [6.45, 7) is 0.599. The van der Waals surface area contributed by atoms with Crippen LogP contribution in [0.25, 0.3) is 32.4 Å². The Morgan fingerprint density at radius 2 is 1.58 bits per heavy atom. The Kier molecular flexibility index (Phi) is 8.59. The van der Waals surface area contributed by atoms with Gasteiger partial charge in [0.05, 0.1) is 22.5 Å². The molecule has 0 atom stereocenters. The average Bonchev–Trinajstić information content (AvgIpc) is 3.67. The van der Waals surface area contributed by atoms with Gasteiger partial charge in [0.1, 0.15) is 5.82 Å². The second-order valence-electron chi connectivity index (χ2n) is 10.3. The van der Waals surface area contributed by atoms with Gasteiger partial charge in [0.25, 0.3) is 0 Å². The van der Waals surface area contributed by atoms with Crippen LogP contribution in [0.4, 0.5) is 10.1 Å². The molecule has 0 bridgehead atoms. The van der Waals surface area contributed by atoms with Crippen molar-refractivity contribution in [2.75, 3.05) is 11.1 Å². The van der Waals surface area contributed by atoms with Crippen LogP contribution < -0.4 is 5.32 Å². The maximum atomic E-state index is 14.2. The largest absolute Gasteiger partial charge is 0.325 e. The molecule has 222 valence electrons. The molecular weight excluding hydrogens is 622 g/mol. The third-order valence-electron chi connectivity index (χ3n) is 7.23. The van der Waals surface area contributed by atoms with Crippen LogP contribution in [-0.4, -0.2) is 31.4 Å². The number of fused-ring (bicyclic) bond motifs is 2. The third kappa shape index (κ3) is 6.63. The van der Waals surface area contributed by atoms with E-state index in [4.69, 9.17) is 4.98 Å². The third-order valence-corrected chi connectivity index (χ3v) is 10.4. The normalized spacial score (nSPS) is 11.3. The van der Waals surface area contributed by atoms with Crippen molar-refractivity contribution in [1.29, 1.82) is 0 Å². The van der Waals surface area contributed by atoms with E-state index in [1.165, 1.54) is 17.8 Å². The van der Waals surface area contributed by atoms with E-state index < -0.39 is 0 Å². The van der Waals surface area contributed by atoms with Crippen LogP contribution >= 0.6 is 34.9 Å². The van der Waals surface area contributed by atoms with E-state index in [2.05, 4.69) is 32.2 Å². The molecule has 5 aromatic carbocycles. The predicted octanol–water partition coefficient (Wildman–Crippen LogP) is 8.92. The molecule has 0 spiro atoms. The molecule has 10 heteroatoms. The Balaban J connectivity index is 1.02. The molecule has 0 radical (unpaired) electrons. The van der Waals surface area contributed by atoms with Crippen LogP contribution in [0.2, 0.25) is 0 Å². The Morgan fingerprint density at radius 3 is 2.40 bits per heavy atom. The first kappa shape index (κ1) is 29.2. The molecule has 0 aliphatic heterocycles. The van der Waals surface area contributed by atoms with Gasteiger partial charge >= 0.3 is 0 Å². The van der Waals surface area contributed by atoms with Crippen molar-refractivity contribution < 1.29 is 9.18 Å². The summed E-state index contributed by atoms with van der Waals surface area (Å²) in [5.41, 5.74) is 4.76. The smallest absolute Gasteiger partial charge is 0.234 e. The molecule has 2 aromatic heterocycles. The maximum absolute atomic E-state index is 14.2. The average molecular weight is 648 g/mol. The highest BCUT2D eigenvalue weighted by molar-refractivity contribution is 8.00. The second kappa shape index (κ2) is 13.2. The first-order valence-corrected chi connectivity index (χ1v) is 17.0. The summed E-state index contributed by atoms with van der Waals surface area (Å²) in [5, 5.41) is 14.2. The van der Waals surface area contributed by atoms with Crippen molar-refractivity contribution in [3.8, 4) is 11.4 Å². The molecule has 0 unspecified atom stereocenters.